The van der Waals surface area contributed by atoms with Crippen molar-refractivity contribution in [3.05, 3.63) is 44.3 Å². The second-order valence-electron chi connectivity index (χ2n) is 5.99. The van der Waals surface area contributed by atoms with E-state index in [9.17, 15) is 9.59 Å². The minimum absolute atomic E-state index is 0.0296. The van der Waals surface area contributed by atoms with Crippen molar-refractivity contribution in [2.24, 2.45) is 0 Å². The Hall–Kier alpha value is -1.46. The van der Waals surface area contributed by atoms with E-state index in [1.54, 1.807) is 30.4 Å². The molecule has 1 amide bonds. The van der Waals surface area contributed by atoms with E-state index < -0.39 is 0 Å². The Morgan fingerprint density at radius 2 is 2.04 bits per heavy atom. The minimum atomic E-state index is 0.0296. The summed E-state index contributed by atoms with van der Waals surface area (Å²) in [5, 5.41) is 2.11. The van der Waals surface area contributed by atoms with E-state index in [0.29, 0.717) is 15.8 Å². The topological polar surface area (TPSA) is 37.4 Å². The van der Waals surface area contributed by atoms with Gasteiger partial charge in [0.1, 0.15) is 0 Å². The smallest absolute Gasteiger partial charge is 0.264 e. The summed E-state index contributed by atoms with van der Waals surface area (Å²) in [7, 11) is 0. The van der Waals surface area contributed by atoms with E-state index in [0.717, 1.165) is 32.2 Å². The molecule has 5 heteroatoms. The normalized spacial score (nSPS) is 18.1. The number of aryl methyl sites for hydroxylation is 1. The highest BCUT2D eigenvalue weighted by atomic mass is 32.1. The Balaban J connectivity index is 1.69. The summed E-state index contributed by atoms with van der Waals surface area (Å²) < 4.78 is 0. The number of hydrogen-bond acceptors (Lipinski definition) is 4. The second kappa shape index (κ2) is 7.41. The largest absolute Gasteiger partial charge is 0.335 e. The first-order valence-electron chi connectivity index (χ1n) is 8.09. The molecule has 1 aliphatic heterocycles. The van der Waals surface area contributed by atoms with Gasteiger partial charge in [-0.1, -0.05) is 6.07 Å². The van der Waals surface area contributed by atoms with Crippen LogP contribution in [0.3, 0.4) is 0 Å². The molecule has 0 unspecified atom stereocenters. The molecule has 1 fully saturated rings. The summed E-state index contributed by atoms with van der Waals surface area (Å²) in [5.74, 6) is 0.125. The molecule has 3 heterocycles. The standard InChI is InChI=1S/C18H21NO2S2/c1-13(20)16-9-10-17(23-16)18(21)19-11-3-2-5-14(19)7-8-15-6-4-12-22-15/h4,6,9-10,12,14H,2-3,5,7-8,11H2,1H3/t14-/m0/s1. The number of nitrogens with zero attached hydrogens (tertiary/aromatic N) is 1. The Morgan fingerprint density at radius 3 is 2.74 bits per heavy atom. The molecule has 0 N–H and O–H groups in total. The molecule has 2 aromatic heterocycles. The Kier molecular flexibility index (Phi) is 5.28. The van der Waals surface area contributed by atoms with E-state index in [1.165, 1.54) is 22.6 Å². The van der Waals surface area contributed by atoms with E-state index in [-0.39, 0.29) is 11.7 Å². The summed E-state index contributed by atoms with van der Waals surface area (Å²) >= 11 is 3.11. The van der Waals surface area contributed by atoms with Crippen LogP contribution in [0, 0.1) is 0 Å². The number of amides is 1. The molecule has 23 heavy (non-hydrogen) atoms. The molecule has 3 rings (SSSR count). The number of carbonyl (C=O) groups is 2. The summed E-state index contributed by atoms with van der Waals surface area (Å²) in [6, 6.07) is 8.14. The van der Waals surface area contributed by atoms with Crippen molar-refractivity contribution in [3.63, 3.8) is 0 Å². The molecular weight excluding hydrogens is 326 g/mol. The number of rotatable bonds is 5. The number of Topliss-reactive ketones (excluding diaryl/α,β-unsaturated/α-hetero) is 1. The van der Waals surface area contributed by atoms with E-state index in [1.807, 2.05) is 4.90 Å². The number of carbonyl (C=O) groups excluding carboxylic acids is 2. The highest BCUT2D eigenvalue weighted by molar-refractivity contribution is 7.16. The van der Waals surface area contributed by atoms with Crippen LogP contribution in [0.2, 0.25) is 0 Å². The lowest BCUT2D eigenvalue weighted by atomic mass is 9.97. The van der Waals surface area contributed by atoms with Crippen molar-refractivity contribution in [2.75, 3.05) is 6.54 Å². The van der Waals surface area contributed by atoms with Crippen LogP contribution in [0.1, 0.15) is 56.8 Å². The molecule has 1 saturated heterocycles. The average molecular weight is 348 g/mol. The van der Waals surface area contributed by atoms with Gasteiger partial charge in [-0.05, 0) is 62.6 Å². The lowest BCUT2D eigenvalue weighted by Crippen LogP contribution is -2.43. The molecule has 0 saturated carbocycles. The number of thiophene rings is 2. The Labute approximate surface area is 144 Å². The van der Waals surface area contributed by atoms with Gasteiger partial charge < -0.3 is 4.90 Å². The van der Waals surface area contributed by atoms with Crippen molar-refractivity contribution >= 4 is 34.4 Å². The van der Waals surface area contributed by atoms with Gasteiger partial charge in [-0.3, -0.25) is 9.59 Å². The maximum absolute atomic E-state index is 12.8. The molecule has 0 aromatic carbocycles. The molecule has 0 radical (unpaired) electrons. The van der Waals surface area contributed by atoms with Crippen LogP contribution in [0.4, 0.5) is 0 Å². The maximum atomic E-state index is 12.8. The van der Waals surface area contributed by atoms with Crippen LogP contribution < -0.4 is 0 Å². The van der Waals surface area contributed by atoms with E-state index in [2.05, 4.69) is 17.5 Å². The predicted molar refractivity (Wildman–Crippen MR) is 95.6 cm³/mol. The number of hydrogen-bond donors (Lipinski definition) is 0. The Bertz CT molecular complexity index is 675. The molecule has 2 aromatic rings. The van der Waals surface area contributed by atoms with Crippen LogP contribution >= 0.6 is 22.7 Å². The summed E-state index contributed by atoms with van der Waals surface area (Å²) in [6.45, 7) is 2.38. The number of ketones is 1. The van der Waals surface area contributed by atoms with Crippen LogP contribution in [-0.4, -0.2) is 29.2 Å². The van der Waals surface area contributed by atoms with Crippen LogP contribution in [0.15, 0.2) is 29.6 Å². The van der Waals surface area contributed by atoms with Crippen LogP contribution in [0.25, 0.3) is 0 Å². The highest BCUT2D eigenvalue weighted by Crippen LogP contribution is 2.26. The van der Waals surface area contributed by atoms with Crippen molar-refractivity contribution in [2.45, 2.75) is 45.1 Å². The second-order valence-corrected chi connectivity index (χ2v) is 8.10. The predicted octanol–water partition coefficient (Wildman–Crippen LogP) is 4.64. The van der Waals surface area contributed by atoms with Gasteiger partial charge in [-0.25, -0.2) is 0 Å². The number of likely N-dealkylation sites (tertiary alicyclic amines) is 1. The zero-order chi connectivity index (χ0) is 16.2. The van der Waals surface area contributed by atoms with E-state index in [4.69, 9.17) is 0 Å². The molecule has 3 nitrogen and oxygen atoms in total. The number of piperidine rings is 1. The molecular formula is C18H21NO2S2. The maximum Gasteiger partial charge on any atom is 0.264 e. The van der Waals surface area contributed by atoms with Crippen molar-refractivity contribution in [1.29, 1.82) is 0 Å². The van der Waals surface area contributed by atoms with Gasteiger partial charge in [-0.15, -0.1) is 22.7 Å². The summed E-state index contributed by atoms with van der Waals surface area (Å²) in [4.78, 5) is 29.1. The first-order valence-corrected chi connectivity index (χ1v) is 9.79. The van der Waals surface area contributed by atoms with Gasteiger partial charge in [0.2, 0.25) is 0 Å². The summed E-state index contributed by atoms with van der Waals surface area (Å²) in [6.07, 6.45) is 5.42. The van der Waals surface area contributed by atoms with Gasteiger partial charge in [0.15, 0.2) is 5.78 Å². The molecule has 1 atom stereocenters. The summed E-state index contributed by atoms with van der Waals surface area (Å²) in [5.41, 5.74) is 0. The zero-order valence-electron chi connectivity index (χ0n) is 13.3. The molecule has 1 aliphatic rings. The monoisotopic (exact) mass is 347 g/mol. The molecule has 0 spiro atoms. The first kappa shape index (κ1) is 16.4. The third-order valence-corrected chi connectivity index (χ3v) is 6.47. The molecule has 0 bridgehead atoms. The van der Waals surface area contributed by atoms with Crippen LogP contribution in [-0.2, 0) is 6.42 Å². The minimum Gasteiger partial charge on any atom is -0.335 e. The molecule has 122 valence electrons. The van der Waals surface area contributed by atoms with Gasteiger partial charge in [0, 0.05) is 17.5 Å². The third-order valence-electron chi connectivity index (χ3n) is 4.36. The van der Waals surface area contributed by atoms with E-state index >= 15 is 0 Å². The quantitative estimate of drug-likeness (QED) is 0.739. The fourth-order valence-corrected chi connectivity index (χ4v) is 4.70. The highest BCUT2D eigenvalue weighted by Gasteiger charge is 2.28. The SMILES string of the molecule is CC(=O)c1ccc(C(=O)N2CCCC[C@H]2CCc2cccs2)s1. The first-order chi connectivity index (χ1) is 11.1. The zero-order valence-corrected chi connectivity index (χ0v) is 14.9. The van der Waals surface area contributed by atoms with Crippen molar-refractivity contribution < 1.29 is 9.59 Å². The van der Waals surface area contributed by atoms with Gasteiger partial charge in [-0.2, -0.15) is 0 Å². The van der Waals surface area contributed by atoms with Crippen LogP contribution in [0.5, 0.6) is 0 Å². The van der Waals surface area contributed by atoms with Gasteiger partial charge >= 0.3 is 0 Å². The average Bonchev–Trinajstić information content (AvgIpc) is 3.24. The fraction of sp³-hybridized carbons (Fsp3) is 0.444. The van der Waals surface area contributed by atoms with Gasteiger partial charge in [0.25, 0.3) is 5.91 Å². The lowest BCUT2D eigenvalue weighted by Gasteiger charge is -2.35. The lowest BCUT2D eigenvalue weighted by molar-refractivity contribution is 0.0607. The fourth-order valence-electron chi connectivity index (χ4n) is 3.12. The van der Waals surface area contributed by atoms with Crippen molar-refractivity contribution in [3.8, 4) is 0 Å². The van der Waals surface area contributed by atoms with Crippen molar-refractivity contribution in [1.82, 2.24) is 4.90 Å². The molecule has 0 aliphatic carbocycles. The third kappa shape index (κ3) is 3.90. The van der Waals surface area contributed by atoms with Gasteiger partial charge in [0.05, 0.1) is 9.75 Å². The Morgan fingerprint density at radius 1 is 1.22 bits per heavy atom.